The molecule has 0 spiro atoms. The van der Waals surface area contributed by atoms with E-state index >= 15 is 0 Å². The Bertz CT molecular complexity index is 3390. The molecule has 0 aliphatic carbocycles. The van der Waals surface area contributed by atoms with Crippen LogP contribution in [0.3, 0.4) is 0 Å². The predicted octanol–water partition coefficient (Wildman–Crippen LogP) is 31.2. The number of ether oxygens (including phenoxy) is 3. The predicted molar refractivity (Wildman–Crippen MR) is 366 cm³/mol. The van der Waals surface area contributed by atoms with Gasteiger partial charge >= 0.3 is 125 Å². The van der Waals surface area contributed by atoms with E-state index in [1.54, 1.807) is 0 Å². The molecule has 0 atom stereocenters. The fourth-order valence-electron chi connectivity index (χ4n) is 9.45. The van der Waals surface area contributed by atoms with Gasteiger partial charge in [0.05, 0.1) is 66.8 Å². The van der Waals surface area contributed by atoms with Crippen molar-refractivity contribution in [3.8, 4) is 0 Å². The van der Waals surface area contributed by atoms with E-state index in [0.717, 1.165) is 39.6 Å². The first-order valence-corrected chi connectivity index (χ1v) is 37.4. The molecule has 9 nitrogen and oxygen atoms in total. The number of benzene rings is 7. The van der Waals surface area contributed by atoms with Gasteiger partial charge in [0.25, 0.3) is 0 Å². The second-order valence-corrected chi connectivity index (χ2v) is 29.2. The van der Waals surface area contributed by atoms with Gasteiger partial charge < -0.3 is 46.1 Å². The minimum Gasteiger partial charge on any atom is -0.681 e. The van der Waals surface area contributed by atoms with Crippen LogP contribution in [-0.4, -0.2) is 77.4 Å². The average molecular weight is 1970 g/mol. The summed E-state index contributed by atoms with van der Waals surface area (Å²) in [7, 11) is -4.69. The quantitative estimate of drug-likeness (QED) is 0.0484. The van der Waals surface area contributed by atoms with E-state index in [-0.39, 0.29) is 160 Å². The molecule has 0 aromatic heterocycles. The summed E-state index contributed by atoms with van der Waals surface area (Å²) in [4.78, 5) is 0. The van der Waals surface area contributed by atoms with Gasteiger partial charge in [0.15, 0.2) is 0 Å². The van der Waals surface area contributed by atoms with Gasteiger partial charge in [-0.1, -0.05) is 109 Å². The Hall–Kier alpha value is -6.88. The van der Waals surface area contributed by atoms with Crippen molar-refractivity contribution in [3.63, 3.8) is 0 Å². The van der Waals surface area contributed by atoms with Gasteiger partial charge in [-0.05, 0) is 74.9 Å². The molecule has 0 amide bonds. The van der Waals surface area contributed by atoms with Crippen molar-refractivity contribution in [2.45, 2.75) is 113 Å². The molecule has 3 heterocycles. The normalized spacial score (nSPS) is 14.2. The second kappa shape index (κ2) is 47.1. The molecule has 0 bridgehead atoms. The number of halogens is 36. The van der Waals surface area contributed by atoms with Gasteiger partial charge in [-0.3, -0.25) is 0 Å². The summed E-state index contributed by atoms with van der Waals surface area (Å²) in [6, 6.07) is 12.5. The van der Waals surface area contributed by atoms with Gasteiger partial charge in [-0.2, -0.15) is 174 Å². The molecule has 3 saturated heterocycles. The summed E-state index contributed by atoms with van der Waals surface area (Å²) in [6.45, 7) is 6.00. The van der Waals surface area contributed by atoms with Crippen LogP contribution in [0.2, 0.25) is 0 Å². The van der Waals surface area contributed by atoms with Gasteiger partial charge in [-0.15, -0.1) is 71.8 Å². The van der Waals surface area contributed by atoms with Crippen LogP contribution < -0.4 is 0 Å². The maximum absolute atomic E-state index is 13.3. The zero-order valence-corrected chi connectivity index (χ0v) is 66.5. The molecule has 0 saturated carbocycles. The van der Waals surface area contributed by atoms with Crippen LogP contribution in [0.5, 0.6) is 0 Å². The van der Waals surface area contributed by atoms with Crippen molar-refractivity contribution >= 4 is 50.0 Å². The summed E-state index contributed by atoms with van der Waals surface area (Å²) in [5, 5.41) is 21.6. The molecule has 50 heteroatoms. The van der Waals surface area contributed by atoms with E-state index in [0.29, 0.717) is 0 Å². The minimum atomic E-state index is -5.32. The SMILES string of the molecule is C1CCOC1.C1CCOC1.C1CCOC1.FC(F)(F)c1cc([N-]CP(C[N-]c2cc(C(F)(F)F)cc(C(F)(F)F)c2)C[N-]c2cc(C(F)(F)F)cc(C(F)(F)F)c2)cc(C(F)(F)F)c1.FC(F)(F)c1cc([N-]CP(C[N-]c2cc(C(F)(F)F)cc(C(F)(F)F)c2)C[N-]c2cc(C(F)(F)F)cc(C(F)(F)F)c2)cc(C(F)(F)F)c1.[Mn+2].[Mn+2].[Mn+2].c1ccccc1. The van der Waals surface area contributed by atoms with Crippen molar-refractivity contribution in [1.29, 1.82) is 0 Å². The molecule has 0 N–H and O–H groups in total. The van der Waals surface area contributed by atoms with Crippen LogP contribution in [-0.2, 0) is 140 Å². The molecule has 679 valence electrons. The molecule has 122 heavy (non-hydrogen) atoms. The zero-order valence-electron chi connectivity index (χ0n) is 61.1. The molecule has 3 fully saturated rings. The van der Waals surface area contributed by atoms with E-state index in [1.165, 1.54) is 38.5 Å². The first kappa shape index (κ1) is 111. The van der Waals surface area contributed by atoms with Gasteiger partial charge in [0, 0.05) is 39.6 Å². The van der Waals surface area contributed by atoms with Crippen LogP contribution >= 0.6 is 15.8 Å². The first-order chi connectivity index (χ1) is 54.6. The molecule has 3 aliphatic rings. The smallest absolute Gasteiger partial charge is 0.681 e. The van der Waals surface area contributed by atoms with Gasteiger partial charge in [0.2, 0.25) is 0 Å². The zero-order chi connectivity index (χ0) is 89.6. The number of hydrogen-bond acceptors (Lipinski definition) is 3. The third kappa shape index (κ3) is 40.2. The number of hydrogen-bond donors (Lipinski definition) is 0. The summed E-state index contributed by atoms with van der Waals surface area (Å²) >= 11 is 0. The first-order valence-electron chi connectivity index (χ1n) is 33.6. The standard InChI is InChI=1S/2C27H15F18N3P.C6H6.3C4H8O.3Mn/c2*28-22(29,30)13-1-14(23(31,32)33)5-19(4-13)46-10-49(11-47-20-6-15(24(34,35)36)2-16(7-20)25(37,38)39)12-48-21-8-17(26(40,41)42)3-18(9-21)27(43,44)45;1-2-4-6-5-3-1;3*1-2-4-5-3-1;;;/h2*1-9H,10-12H2;1-6H;3*1-4H2;;;/q2*-3;;;;;3*+2. The monoisotopic (exact) mass is 1970 g/mol. The fraction of sp³-hybridized carbons (Fsp3) is 0.417. The maximum Gasteiger partial charge on any atom is 2.00 e. The van der Waals surface area contributed by atoms with Crippen molar-refractivity contribution in [2.75, 3.05) is 77.4 Å². The molecule has 0 unspecified atom stereocenters. The molecular weight excluding hydrogens is 1910 g/mol. The largest absolute Gasteiger partial charge is 2.00 e. The molecule has 3 aliphatic heterocycles. The van der Waals surface area contributed by atoms with Crippen molar-refractivity contribution in [2.24, 2.45) is 0 Å². The van der Waals surface area contributed by atoms with Gasteiger partial charge in [0.1, 0.15) is 0 Å². The molecule has 7 aromatic rings. The van der Waals surface area contributed by atoms with E-state index in [1.807, 2.05) is 36.4 Å². The molecule has 3 radical (unpaired) electrons. The van der Waals surface area contributed by atoms with E-state index in [2.05, 4.69) is 31.9 Å². The summed E-state index contributed by atoms with van der Waals surface area (Å²) < 4.78 is 492. The Morgan fingerprint density at radius 3 is 0.352 bits per heavy atom. The number of rotatable bonds is 18. The summed E-state index contributed by atoms with van der Waals surface area (Å²) in [6.07, 6.45) is -61.5. The van der Waals surface area contributed by atoms with Crippen molar-refractivity contribution in [1.82, 2.24) is 0 Å². The second-order valence-electron chi connectivity index (χ2n) is 24.8. The Morgan fingerprint density at radius 1 is 0.180 bits per heavy atom. The summed E-state index contributed by atoms with van der Waals surface area (Å²) in [5.74, 6) is 0. The van der Waals surface area contributed by atoms with E-state index in [4.69, 9.17) is 14.2 Å². The molecule has 10 rings (SSSR count). The molecular formula is C72H60F36Mn3N6O3P2. The topological polar surface area (TPSA) is 112 Å². The third-order valence-electron chi connectivity index (χ3n) is 15.3. The van der Waals surface area contributed by atoms with Gasteiger partial charge in [-0.25, -0.2) is 0 Å². The fourth-order valence-corrected chi connectivity index (χ4v) is 12.2. The Labute approximate surface area is 704 Å². The van der Waals surface area contributed by atoms with Crippen molar-refractivity contribution < 1.29 is 223 Å². The van der Waals surface area contributed by atoms with Crippen LogP contribution in [0.4, 0.5) is 192 Å². The average Bonchev–Trinajstić information content (AvgIpc) is 1.11. The Kier molecular flexibility index (Phi) is 42.9. The maximum atomic E-state index is 13.3. The van der Waals surface area contributed by atoms with Crippen molar-refractivity contribution in [3.05, 3.63) is 244 Å². The Balaban J connectivity index is 0.000000647. The number of nitrogens with zero attached hydrogens (tertiary/aromatic N) is 6. The number of alkyl halides is 36. The van der Waals surface area contributed by atoms with E-state index < -0.39 is 229 Å². The van der Waals surface area contributed by atoms with Crippen LogP contribution in [0.15, 0.2) is 146 Å². The molecule has 7 aromatic carbocycles. The minimum absolute atomic E-state index is 0. The third-order valence-corrected chi connectivity index (χ3v) is 18.6. The van der Waals surface area contributed by atoms with Crippen LogP contribution in [0.1, 0.15) is 105 Å². The van der Waals surface area contributed by atoms with E-state index in [9.17, 15) is 158 Å². The van der Waals surface area contributed by atoms with Crippen LogP contribution in [0, 0.1) is 0 Å². The Morgan fingerprint density at radius 2 is 0.279 bits per heavy atom. The summed E-state index contributed by atoms with van der Waals surface area (Å²) in [5.41, 5.74) is -27.6. The van der Waals surface area contributed by atoms with Crippen LogP contribution in [0.25, 0.3) is 31.9 Å².